The summed E-state index contributed by atoms with van der Waals surface area (Å²) in [6, 6.07) is 79.8. The summed E-state index contributed by atoms with van der Waals surface area (Å²) in [6.07, 6.45) is -8.39. The first kappa shape index (κ1) is 59.4. The van der Waals surface area contributed by atoms with E-state index in [0.29, 0.717) is 26.4 Å². The lowest BCUT2D eigenvalue weighted by Crippen LogP contribution is -2.66. The van der Waals surface area contributed by atoms with Crippen LogP contribution in [0.4, 0.5) is 0 Å². The van der Waals surface area contributed by atoms with E-state index in [1.165, 1.54) is 0 Å². The number of hydrogen-bond donors (Lipinski definition) is 2. The molecule has 11 rings (SSSR count). The van der Waals surface area contributed by atoms with Gasteiger partial charge in [0.1, 0.15) is 73.2 Å². The Kier molecular flexibility index (Phi) is 21.6. The molecule has 2 saturated carbocycles. The van der Waals surface area contributed by atoms with E-state index >= 15 is 0 Å². The van der Waals surface area contributed by atoms with Gasteiger partial charge in [-0.05, 0) is 58.4 Å². The molecule has 2 N–H and O–H groups in total. The number of fused-ring (bicyclic) bond motifs is 1. The van der Waals surface area contributed by atoms with Crippen LogP contribution < -0.4 is 0 Å². The first-order valence-electron chi connectivity index (χ1n) is 28.7. The van der Waals surface area contributed by atoms with Gasteiger partial charge in [0, 0.05) is 0 Å². The van der Waals surface area contributed by atoms with Crippen molar-refractivity contribution in [3.05, 3.63) is 287 Å². The normalized spacial score (nSPS) is 25.4. The van der Waals surface area contributed by atoms with E-state index in [9.17, 15) is 10.2 Å². The van der Waals surface area contributed by atoms with Crippen molar-refractivity contribution >= 4 is 0 Å². The van der Waals surface area contributed by atoms with Crippen LogP contribution in [0.25, 0.3) is 0 Å². The SMILES string of the molecule is CC1(C)O[C@@H]2[C@@H](OCc3ccccc3)[C@H](OCc3ccccc3)[C@@H](OCc3ccccc3)[C@H](OCc3ccccc3)[C@@H]2O1.O[C@@H]1[C@H](O)[C@@H](OCc2ccccc2)[C@H](OCc2ccccc2)[C@@H](OCc2ccccc2)[C@@H]1OCc1ccccc1. The fraction of sp³-hybridized carbons (Fsp3) is 0.324. The molecule has 8 aromatic carbocycles. The second kappa shape index (κ2) is 30.2. The lowest BCUT2D eigenvalue weighted by Gasteiger charge is -2.47. The maximum atomic E-state index is 11.4. The highest BCUT2D eigenvalue weighted by Gasteiger charge is 2.60. The molecule has 1 heterocycles. The monoisotopic (exact) mass is 1120 g/mol. The number of benzene rings is 8. The van der Waals surface area contributed by atoms with E-state index in [1.54, 1.807) is 0 Å². The average molecular weight is 1120 g/mol. The summed E-state index contributed by atoms with van der Waals surface area (Å²) in [5.41, 5.74) is 8.15. The number of aliphatic hydroxyl groups is 2. The Hall–Kier alpha value is -6.72. The molecule has 0 aromatic heterocycles. The van der Waals surface area contributed by atoms with Crippen molar-refractivity contribution in [2.75, 3.05) is 0 Å². The van der Waals surface area contributed by atoms with Crippen molar-refractivity contribution < 1.29 is 57.6 Å². The molecule has 3 fully saturated rings. The molecule has 8 aromatic rings. The Morgan fingerprint density at radius 3 is 0.602 bits per heavy atom. The summed E-state index contributed by atoms with van der Waals surface area (Å²) in [4.78, 5) is 0. The maximum absolute atomic E-state index is 11.4. The van der Waals surface area contributed by atoms with Gasteiger partial charge in [0.2, 0.25) is 0 Å². The molecule has 0 bridgehead atoms. The van der Waals surface area contributed by atoms with E-state index in [4.69, 9.17) is 47.4 Å². The minimum atomic E-state index is -1.25. The summed E-state index contributed by atoms with van der Waals surface area (Å²) in [7, 11) is 0. The van der Waals surface area contributed by atoms with Gasteiger partial charge in [-0.3, -0.25) is 0 Å². The predicted octanol–water partition coefficient (Wildman–Crippen LogP) is 11.9. The third kappa shape index (κ3) is 16.8. The zero-order valence-corrected chi connectivity index (χ0v) is 47.2. The Morgan fingerprint density at radius 2 is 0.410 bits per heavy atom. The molecule has 2 aliphatic carbocycles. The fourth-order valence-corrected chi connectivity index (χ4v) is 10.9. The van der Waals surface area contributed by atoms with Gasteiger partial charge in [0.05, 0.1) is 52.9 Å². The quantitative estimate of drug-likeness (QED) is 0.0597. The Bertz CT molecular complexity index is 2850. The molecule has 12 heteroatoms. The van der Waals surface area contributed by atoms with Crippen molar-refractivity contribution in [2.45, 2.75) is 146 Å². The summed E-state index contributed by atoms with van der Waals surface area (Å²) in [5, 5.41) is 22.7. The van der Waals surface area contributed by atoms with Crippen molar-refractivity contribution in [3.63, 3.8) is 0 Å². The van der Waals surface area contributed by atoms with Crippen molar-refractivity contribution in [3.8, 4) is 0 Å². The average Bonchev–Trinajstić information content (AvgIpc) is 3.71. The molecular weight excluding hydrogens is 1040 g/mol. The zero-order valence-electron chi connectivity index (χ0n) is 47.2. The topological polar surface area (TPSA) is 133 Å². The summed E-state index contributed by atoms with van der Waals surface area (Å²) >= 11 is 0. The molecule has 0 spiro atoms. The van der Waals surface area contributed by atoms with Crippen LogP contribution in [-0.4, -0.2) is 89.2 Å². The molecule has 12 atom stereocenters. The van der Waals surface area contributed by atoms with Crippen molar-refractivity contribution in [2.24, 2.45) is 0 Å². The molecule has 432 valence electrons. The number of hydrogen-bond acceptors (Lipinski definition) is 12. The molecule has 3 aliphatic rings. The number of ether oxygens (including phenoxy) is 10. The number of aliphatic hydroxyl groups excluding tert-OH is 2. The molecule has 83 heavy (non-hydrogen) atoms. The third-order valence-corrected chi connectivity index (χ3v) is 15.1. The van der Waals surface area contributed by atoms with Gasteiger partial charge in [0.15, 0.2) is 5.79 Å². The standard InChI is InChI=1S/C37H40O6.C34H36O6/c1-37(2)42-35-33(40-25-29-19-11-5-12-20-29)31(38-23-27-15-7-3-8-16-27)32(39-24-28-17-9-4-10-18-28)34(36(35)43-37)41-26-30-21-13-6-14-22-30;35-29-30(36)32(38-22-26-15-7-2-8-16-26)34(40-24-28-19-11-4-12-20-28)33(39-23-27-17-9-3-10-18-27)31(29)37-21-25-13-5-1-6-14-25/h3-22,31-36H,23-26H2,1-2H3;1-20,29-36H,21-24H2/t31-,32-,33+,34+,35-,36+;29-,30+,31-,32-,33+,34+/m11/s1. The minimum Gasteiger partial charge on any atom is -0.387 e. The predicted molar refractivity (Wildman–Crippen MR) is 316 cm³/mol. The van der Waals surface area contributed by atoms with Crippen LogP contribution in [0, 0.1) is 0 Å². The highest BCUT2D eigenvalue weighted by molar-refractivity contribution is 5.21. The van der Waals surface area contributed by atoms with Crippen LogP contribution in [0.3, 0.4) is 0 Å². The van der Waals surface area contributed by atoms with Crippen LogP contribution in [-0.2, 0) is 100 Å². The molecule has 0 radical (unpaired) electrons. The van der Waals surface area contributed by atoms with Gasteiger partial charge in [-0.25, -0.2) is 0 Å². The van der Waals surface area contributed by atoms with E-state index in [-0.39, 0.29) is 26.4 Å². The van der Waals surface area contributed by atoms with Gasteiger partial charge in [-0.15, -0.1) is 0 Å². The van der Waals surface area contributed by atoms with Crippen molar-refractivity contribution in [1.29, 1.82) is 0 Å². The Balaban J connectivity index is 0.000000186. The van der Waals surface area contributed by atoms with Crippen LogP contribution in [0.2, 0.25) is 0 Å². The first-order valence-corrected chi connectivity index (χ1v) is 28.7. The van der Waals surface area contributed by atoms with Crippen LogP contribution in [0.15, 0.2) is 243 Å². The molecule has 12 nitrogen and oxygen atoms in total. The highest BCUT2D eigenvalue weighted by atomic mass is 16.8. The van der Waals surface area contributed by atoms with E-state index in [1.807, 2.05) is 208 Å². The van der Waals surface area contributed by atoms with Crippen LogP contribution >= 0.6 is 0 Å². The molecular formula is C71H76O12. The van der Waals surface area contributed by atoms with Gasteiger partial charge >= 0.3 is 0 Å². The molecule has 1 saturated heterocycles. The fourth-order valence-electron chi connectivity index (χ4n) is 10.9. The molecule has 0 unspecified atom stereocenters. The minimum absolute atomic E-state index is 0.251. The van der Waals surface area contributed by atoms with Crippen LogP contribution in [0.5, 0.6) is 0 Å². The second-order valence-electron chi connectivity index (χ2n) is 21.6. The van der Waals surface area contributed by atoms with Gasteiger partial charge in [-0.2, -0.15) is 0 Å². The van der Waals surface area contributed by atoms with Gasteiger partial charge in [-0.1, -0.05) is 243 Å². The van der Waals surface area contributed by atoms with E-state index < -0.39 is 79.0 Å². The third-order valence-electron chi connectivity index (χ3n) is 15.1. The van der Waals surface area contributed by atoms with Gasteiger partial charge in [0.25, 0.3) is 0 Å². The number of rotatable bonds is 24. The van der Waals surface area contributed by atoms with Crippen LogP contribution in [0.1, 0.15) is 58.4 Å². The Labute approximate surface area is 488 Å². The zero-order chi connectivity index (χ0) is 57.1. The molecule has 1 aliphatic heterocycles. The van der Waals surface area contributed by atoms with Crippen molar-refractivity contribution in [1.82, 2.24) is 0 Å². The van der Waals surface area contributed by atoms with E-state index in [0.717, 1.165) is 44.5 Å². The second-order valence-corrected chi connectivity index (χ2v) is 21.6. The highest BCUT2D eigenvalue weighted by Crippen LogP contribution is 2.43. The maximum Gasteiger partial charge on any atom is 0.164 e. The first-order chi connectivity index (χ1) is 40.7. The smallest absolute Gasteiger partial charge is 0.164 e. The lowest BCUT2D eigenvalue weighted by molar-refractivity contribution is -0.273. The lowest BCUT2D eigenvalue weighted by atomic mass is 9.84. The van der Waals surface area contributed by atoms with E-state index in [2.05, 4.69) is 48.5 Å². The molecule has 0 amide bonds. The summed E-state index contributed by atoms with van der Waals surface area (Å²) in [6.45, 7) is 6.56. The summed E-state index contributed by atoms with van der Waals surface area (Å²) < 4.78 is 65.6. The largest absolute Gasteiger partial charge is 0.387 e. The summed E-state index contributed by atoms with van der Waals surface area (Å²) in [5.74, 6) is -0.823. The van der Waals surface area contributed by atoms with Gasteiger partial charge < -0.3 is 57.6 Å². The Morgan fingerprint density at radius 1 is 0.253 bits per heavy atom.